The lowest BCUT2D eigenvalue weighted by Gasteiger charge is -2.15. The van der Waals surface area contributed by atoms with E-state index >= 15 is 0 Å². The zero-order valence-corrected chi connectivity index (χ0v) is 11.3. The minimum atomic E-state index is 0.0446. The van der Waals surface area contributed by atoms with Crippen LogP contribution in [0.25, 0.3) is 0 Å². The number of nitrogens with zero attached hydrogens (tertiary/aromatic N) is 1. The fraction of sp³-hybridized carbons (Fsp3) is 0.188. The third kappa shape index (κ3) is 2.20. The van der Waals surface area contributed by atoms with Gasteiger partial charge in [0.15, 0.2) is 0 Å². The van der Waals surface area contributed by atoms with Crippen LogP contribution in [0.2, 0.25) is 0 Å². The highest BCUT2D eigenvalue weighted by molar-refractivity contribution is 5.99. The number of anilines is 1. The van der Waals surface area contributed by atoms with Crippen LogP contribution in [-0.4, -0.2) is 17.9 Å². The van der Waals surface area contributed by atoms with Gasteiger partial charge in [-0.25, -0.2) is 0 Å². The fourth-order valence-corrected chi connectivity index (χ4v) is 2.46. The van der Waals surface area contributed by atoms with E-state index in [0.717, 1.165) is 22.4 Å². The molecule has 4 nitrogen and oxygen atoms in total. The van der Waals surface area contributed by atoms with Crippen LogP contribution in [0.1, 0.15) is 21.5 Å². The van der Waals surface area contributed by atoms with Crippen molar-refractivity contribution in [3.63, 3.8) is 0 Å². The van der Waals surface area contributed by atoms with Crippen LogP contribution >= 0.6 is 0 Å². The number of rotatable bonds is 3. The highest BCUT2D eigenvalue weighted by Gasteiger charge is 2.27. The maximum Gasteiger partial charge on any atom is 0.254 e. The molecule has 102 valence electrons. The van der Waals surface area contributed by atoms with Crippen molar-refractivity contribution >= 4 is 11.6 Å². The van der Waals surface area contributed by atoms with Crippen molar-refractivity contribution < 1.29 is 9.53 Å². The lowest BCUT2D eigenvalue weighted by Crippen LogP contribution is -2.23. The van der Waals surface area contributed by atoms with Crippen molar-refractivity contribution in [2.75, 3.05) is 12.8 Å². The van der Waals surface area contributed by atoms with E-state index in [1.807, 2.05) is 41.3 Å². The Hall–Kier alpha value is -2.49. The quantitative estimate of drug-likeness (QED) is 0.870. The van der Waals surface area contributed by atoms with Crippen LogP contribution in [0, 0.1) is 0 Å². The maximum absolute atomic E-state index is 12.3. The third-order valence-electron chi connectivity index (χ3n) is 3.55. The summed E-state index contributed by atoms with van der Waals surface area (Å²) < 4.78 is 5.13. The molecule has 0 radical (unpaired) electrons. The van der Waals surface area contributed by atoms with Crippen molar-refractivity contribution in [3.05, 3.63) is 59.2 Å². The summed E-state index contributed by atoms with van der Waals surface area (Å²) in [6.07, 6.45) is 0. The summed E-state index contributed by atoms with van der Waals surface area (Å²) >= 11 is 0. The summed E-state index contributed by atoms with van der Waals surface area (Å²) in [7, 11) is 1.64. The molecule has 0 bridgehead atoms. The largest absolute Gasteiger partial charge is 0.497 e. The lowest BCUT2D eigenvalue weighted by atomic mass is 10.1. The molecule has 0 aliphatic carbocycles. The van der Waals surface area contributed by atoms with Gasteiger partial charge in [-0.1, -0.05) is 18.2 Å². The fourth-order valence-electron chi connectivity index (χ4n) is 2.46. The van der Waals surface area contributed by atoms with Gasteiger partial charge in [0.25, 0.3) is 5.91 Å². The second-order valence-electron chi connectivity index (χ2n) is 4.93. The molecule has 1 heterocycles. The van der Waals surface area contributed by atoms with Crippen molar-refractivity contribution in [2.24, 2.45) is 0 Å². The molecule has 0 unspecified atom stereocenters. The first-order valence-corrected chi connectivity index (χ1v) is 6.48. The normalized spacial score (nSPS) is 13.4. The Labute approximate surface area is 117 Å². The number of nitrogens with two attached hydrogens (primary N) is 1. The molecule has 1 aliphatic rings. The van der Waals surface area contributed by atoms with Crippen LogP contribution in [-0.2, 0) is 13.1 Å². The number of hydrogen-bond donors (Lipinski definition) is 1. The summed E-state index contributed by atoms with van der Waals surface area (Å²) in [6.45, 7) is 1.23. The predicted molar refractivity (Wildman–Crippen MR) is 77.4 cm³/mol. The molecule has 0 saturated heterocycles. The number of fused-ring (bicyclic) bond motifs is 1. The van der Waals surface area contributed by atoms with Crippen LogP contribution in [0.15, 0.2) is 42.5 Å². The van der Waals surface area contributed by atoms with E-state index < -0.39 is 0 Å². The average molecular weight is 268 g/mol. The van der Waals surface area contributed by atoms with Gasteiger partial charge in [0.2, 0.25) is 0 Å². The molecule has 0 saturated carbocycles. The molecule has 0 spiro atoms. The molecule has 2 aromatic rings. The van der Waals surface area contributed by atoms with Gasteiger partial charge in [0.1, 0.15) is 5.75 Å². The third-order valence-corrected chi connectivity index (χ3v) is 3.55. The van der Waals surface area contributed by atoms with E-state index in [2.05, 4.69) is 0 Å². The number of amides is 1. The van der Waals surface area contributed by atoms with E-state index in [9.17, 15) is 4.79 Å². The van der Waals surface area contributed by atoms with E-state index in [-0.39, 0.29) is 5.91 Å². The van der Waals surface area contributed by atoms with Gasteiger partial charge in [0, 0.05) is 24.3 Å². The lowest BCUT2D eigenvalue weighted by molar-refractivity contribution is 0.0766. The van der Waals surface area contributed by atoms with Gasteiger partial charge in [-0.15, -0.1) is 0 Å². The molecule has 0 aromatic heterocycles. The minimum absolute atomic E-state index is 0.0446. The number of nitrogen functional groups attached to an aromatic ring is 1. The summed E-state index contributed by atoms with van der Waals surface area (Å²) in [4.78, 5) is 14.1. The topological polar surface area (TPSA) is 55.6 Å². The summed E-state index contributed by atoms with van der Waals surface area (Å²) in [6, 6.07) is 13.3. The van der Waals surface area contributed by atoms with Crippen LogP contribution < -0.4 is 10.5 Å². The molecule has 2 aromatic carbocycles. The summed E-state index contributed by atoms with van der Waals surface area (Å²) in [5.41, 5.74) is 9.21. The molecule has 1 amide bonds. The molecule has 0 atom stereocenters. The van der Waals surface area contributed by atoms with E-state index in [0.29, 0.717) is 18.8 Å². The van der Waals surface area contributed by atoms with E-state index in [4.69, 9.17) is 10.5 Å². The SMILES string of the molecule is COc1ccc(CN2Cc3ccc(N)cc3C2=O)cc1. The number of ether oxygens (including phenoxy) is 1. The molecular formula is C16H16N2O2. The number of carbonyl (C=O) groups is 1. The molecule has 2 N–H and O–H groups in total. The first kappa shape index (κ1) is 12.5. The monoisotopic (exact) mass is 268 g/mol. The van der Waals surface area contributed by atoms with Gasteiger partial charge in [0.05, 0.1) is 7.11 Å². The van der Waals surface area contributed by atoms with Crippen LogP contribution in [0.3, 0.4) is 0 Å². The highest BCUT2D eigenvalue weighted by atomic mass is 16.5. The van der Waals surface area contributed by atoms with Crippen LogP contribution in [0.4, 0.5) is 5.69 Å². The van der Waals surface area contributed by atoms with Crippen molar-refractivity contribution in [2.45, 2.75) is 13.1 Å². The standard InChI is InChI=1S/C16H16N2O2/c1-20-14-6-2-11(3-7-14)9-18-10-12-4-5-13(17)8-15(12)16(18)19/h2-8H,9-10,17H2,1H3. The van der Waals surface area contributed by atoms with Gasteiger partial charge >= 0.3 is 0 Å². The average Bonchev–Trinajstić information content (AvgIpc) is 2.76. The summed E-state index contributed by atoms with van der Waals surface area (Å²) in [5.74, 6) is 0.862. The number of carbonyl (C=O) groups excluding carboxylic acids is 1. The minimum Gasteiger partial charge on any atom is -0.497 e. The first-order chi connectivity index (χ1) is 9.67. The molecule has 20 heavy (non-hydrogen) atoms. The maximum atomic E-state index is 12.3. The van der Waals surface area contributed by atoms with Gasteiger partial charge in [-0.2, -0.15) is 0 Å². The number of hydrogen-bond acceptors (Lipinski definition) is 3. The first-order valence-electron chi connectivity index (χ1n) is 6.48. The Morgan fingerprint density at radius 1 is 1.20 bits per heavy atom. The zero-order valence-electron chi connectivity index (χ0n) is 11.3. The Morgan fingerprint density at radius 2 is 1.95 bits per heavy atom. The predicted octanol–water partition coefficient (Wildman–Crippen LogP) is 2.43. The Morgan fingerprint density at radius 3 is 2.65 bits per heavy atom. The van der Waals surface area contributed by atoms with Gasteiger partial charge < -0.3 is 15.4 Å². The Kier molecular flexibility index (Phi) is 3.06. The summed E-state index contributed by atoms with van der Waals surface area (Å²) in [5, 5.41) is 0. The number of methoxy groups -OCH3 is 1. The van der Waals surface area contributed by atoms with Crippen LogP contribution in [0.5, 0.6) is 5.75 Å². The second kappa shape index (κ2) is 4.89. The zero-order chi connectivity index (χ0) is 14.1. The molecule has 0 fully saturated rings. The molecule has 1 aliphatic heterocycles. The van der Waals surface area contributed by atoms with E-state index in [1.165, 1.54) is 0 Å². The molecular weight excluding hydrogens is 252 g/mol. The van der Waals surface area contributed by atoms with Crippen molar-refractivity contribution in [3.8, 4) is 5.75 Å². The van der Waals surface area contributed by atoms with E-state index in [1.54, 1.807) is 13.2 Å². The highest BCUT2D eigenvalue weighted by Crippen LogP contribution is 2.26. The number of benzene rings is 2. The molecule has 4 heteroatoms. The van der Waals surface area contributed by atoms with Crippen molar-refractivity contribution in [1.29, 1.82) is 0 Å². The van der Waals surface area contributed by atoms with Gasteiger partial charge in [-0.3, -0.25) is 4.79 Å². The second-order valence-corrected chi connectivity index (χ2v) is 4.93. The molecule has 3 rings (SSSR count). The Bertz CT molecular complexity index is 650. The Balaban J connectivity index is 1.78. The van der Waals surface area contributed by atoms with Gasteiger partial charge in [-0.05, 0) is 35.4 Å². The smallest absolute Gasteiger partial charge is 0.254 e. The van der Waals surface area contributed by atoms with Crippen molar-refractivity contribution in [1.82, 2.24) is 4.90 Å².